The van der Waals surface area contributed by atoms with Crippen LogP contribution in [0.4, 0.5) is 0 Å². The first-order valence-corrected chi connectivity index (χ1v) is 5.77. The predicted molar refractivity (Wildman–Crippen MR) is 67.0 cm³/mol. The number of nitrogens with one attached hydrogen (secondary N) is 1. The first kappa shape index (κ1) is 11.9. The van der Waals surface area contributed by atoms with Crippen molar-refractivity contribution in [2.45, 2.75) is 26.8 Å². The molecule has 4 heteroatoms. The molecule has 2 aromatic heterocycles. The molecule has 0 spiro atoms. The van der Waals surface area contributed by atoms with E-state index in [1.807, 2.05) is 44.9 Å². The van der Waals surface area contributed by atoms with Crippen molar-refractivity contribution in [1.82, 2.24) is 14.9 Å². The van der Waals surface area contributed by atoms with E-state index in [1.54, 1.807) is 0 Å². The summed E-state index contributed by atoms with van der Waals surface area (Å²) in [5, 5.41) is 3.31. The van der Waals surface area contributed by atoms with Gasteiger partial charge in [-0.15, -0.1) is 0 Å². The van der Waals surface area contributed by atoms with Crippen molar-refractivity contribution in [2.24, 2.45) is 7.05 Å². The summed E-state index contributed by atoms with van der Waals surface area (Å²) in [5.41, 5.74) is 2.39. The highest BCUT2D eigenvalue weighted by Gasteiger charge is 2.23. The Morgan fingerprint density at radius 3 is 2.41 bits per heavy atom. The number of furan rings is 1. The maximum absolute atomic E-state index is 5.69. The van der Waals surface area contributed by atoms with Gasteiger partial charge in [0.1, 0.15) is 17.3 Å². The molecule has 2 aromatic rings. The van der Waals surface area contributed by atoms with Crippen LogP contribution in [0.2, 0.25) is 0 Å². The van der Waals surface area contributed by atoms with Crippen molar-refractivity contribution in [3.63, 3.8) is 0 Å². The Kier molecular flexibility index (Phi) is 3.07. The summed E-state index contributed by atoms with van der Waals surface area (Å²) in [6.45, 7) is 6.09. The summed E-state index contributed by atoms with van der Waals surface area (Å²) in [5.74, 6) is 2.94. The van der Waals surface area contributed by atoms with Gasteiger partial charge in [-0.25, -0.2) is 4.98 Å². The van der Waals surface area contributed by atoms with Crippen LogP contribution in [0.5, 0.6) is 0 Å². The summed E-state index contributed by atoms with van der Waals surface area (Å²) in [6, 6.07) is 0.0763. The minimum Gasteiger partial charge on any atom is -0.466 e. The topological polar surface area (TPSA) is 43.0 Å². The molecule has 2 heterocycles. The van der Waals surface area contributed by atoms with Crippen LogP contribution in [-0.4, -0.2) is 16.6 Å². The second kappa shape index (κ2) is 4.37. The van der Waals surface area contributed by atoms with Crippen molar-refractivity contribution in [2.75, 3.05) is 7.05 Å². The number of nitrogens with zero attached hydrogens (tertiary/aromatic N) is 2. The van der Waals surface area contributed by atoms with Crippen molar-refractivity contribution in [3.05, 3.63) is 40.9 Å². The molecule has 0 aliphatic heterocycles. The fraction of sp³-hybridized carbons (Fsp3) is 0.462. The predicted octanol–water partition coefficient (Wildman–Crippen LogP) is 2.25. The zero-order valence-electron chi connectivity index (χ0n) is 11.0. The highest BCUT2D eigenvalue weighted by Crippen LogP contribution is 2.30. The quantitative estimate of drug-likeness (QED) is 0.884. The summed E-state index contributed by atoms with van der Waals surface area (Å²) < 4.78 is 7.72. The fourth-order valence-electron chi connectivity index (χ4n) is 2.29. The van der Waals surface area contributed by atoms with Crippen LogP contribution in [0.1, 0.15) is 34.5 Å². The highest BCUT2D eigenvalue weighted by molar-refractivity contribution is 5.37. The van der Waals surface area contributed by atoms with Gasteiger partial charge >= 0.3 is 0 Å². The number of rotatable bonds is 3. The highest BCUT2D eigenvalue weighted by atomic mass is 16.3. The van der Waals surface area contributed by atoms with E-state index in [0.29, 0.717) is 0 Å². The summed E-state index contributed by atoms with van der Waals surface area (Å²) >= 11 is 0. The van der Waals surface area contributed by atoms with Gasteiger partial charge in [-0.1, -0.05) is 0 Å². The molecule has 2 rings (SSSR count). The smallest absolute Gasteiger partial charge is 0.130 e. The first-order chi connectivity index (χ1) is 8.06. The third-order valence-electron chi connectivity index (χ3n) is 3.31. The van der Waals surface area contributed by atoms with E-state index in [0.717, 1.165) is 17.3 Å². The minimum atomic E-state index is 0.0763. The first-order valence-electron chi connectivity index (χ1n) is 5.77. The molecular weight excluding hydrogens is 214 g/mol. The van der Waals surface area contributed by atoms with E-state index < -0.39 is 0 Å². The molecule has 0 aliphatic carbocycles. The molecule has 4 nitrogen and oxygen atoms in total. The Hall–Kier alpha value is -1.55. The van der Waals surface area contributed by atoms with Crippen LogP contribution >= 0.6 is 0 Å². The van der Waals surface area contributed by atoms with Gasteiger partial charge in [0.15, 0.2) is 0 Å². The Morgan fingerprint density at radius 1 is 1.29 bits per heavy atom. The van der Waals surface area contributed by atoms with Gasteiger partial charge in [-0.05, 0) is 33.4 Å². The number of aromatic nitrogens is 2. The second-order valence-corrected chi connectivity index (χ2v) is 4.37. The monoisotopic (exact) mass is 233 g/mol. The lowest BCUT2D eigenvalue weighted by Crippen LogP contribution is -2.22. The minimum absolute atomic E-state index is 0.0763. The average Bonchev–Trinajstić information content (AvgIpc) is 2.79. The Labute approximate surface area is 102 Å². The zero-order valence-corrected chi connectivity index (χ0v) is 11.0. The number of hydrogen-bond acceptors (Lipinski definition) is 3. The van der Waals surface area contributed by atoms with Crippen LogP contribution in [0.15, 0.2) is 16.8 Å². The molecule has 0 saturated carbocycles. The lowest BCUT2D eigenvalue weighted by atomic mass is 10.0. The molecule has 1 unspecified atom stereocenters. The van der Waals surface area contributed by atoms with Gasteiger partial charge < -0.3 is 14.3 Å². The van der Waals surface area contributed by atoms with E-state index in [2.05, 4.69) is 17.2 Å². The van der Waals surface area contributed by atoms with Crippen LogP contribution in [0.25, 0.3) is 0 Å². The van der Waals surface area contributed by atoms with Crippen molar-refractivity contribution in [1.29, 1.82) is 0 Å². The lowest BCUT2D eigenvalue weighted by Gasteiger charge is -2.16. The normalized spacial score (nSPS) is 13.0. The van der Waals surface area contributed by atoms with Crippen molar-refractivity contribution >= 4 is 0 Å². The molecule has 0 aliphatic rings. The molecule has 1 N–H and O–H groups in total. The van der Waals surface area contributed by atoms with E-state index in [1.165, 1.54) is 11.1 Å². The molecule has 92 valence electrons. The molecule has 0 fully saturated rings. The average molecular weight is 233 g/mol. The van der Waals surface area contributed by atoms with Gasteiger partial charge in [0.05, 0.1) is 6.04 Å². The fourth-order valence-corrected chi connectivity index (χ4v) is 2.29. The van der Waals surface area contributed by atoms with Gasteiger partial charge in [0, 0.05) is 25.0 Å². The maximum atomic E-state index is 5.69. The summed E-state index contributed by atoms with van der Waals surface area (Å²) in [7, 11) is 3.95. The molecule has 0 aromatic carbocycles. The molecular formula is C13H19N3O. The summed E-state index contributed by atoms with van der Waals surface area (Å²) in [6.07, 6.45) is 3.77. The van der Waals surface area contributed by atoms with Crippen LogP contribution < -0.4 is 5.32 Å². The SMILES string of the molecule is CNC(c1c(C)oc(C)c1C)c1nccn1C. The van der Waals surface area contributed by atoms with Gasteiger partial charge in [-0.2, -0.15) is 0 Å². The number of imidazole rings is 1. The molecule has 0 saturated heterocycles. The molecule has 17 heavy (non-hydrogen) atoms. The second-order valence-electron chi connectivity index (χ2n) is 4.37. The number of hydrogen-bond donors (Lipinski definition) is 1. The maximum Gasteiger partial charge on any atom is 0.130 e. The number of aryl methyl sites for hydroxylation is 3. The van der Waals surface area contributed by atoms with E-state index in [4.69, 9.17) is 4.42 Å². The van der Waals surface area contributed by atoms with Crippen LogP contribution in [0, 0.1) is 20.8 Å². The third kappa shape index (κ3) is 1.89. The molecule has 0 bridgehead atoms. The van der Waals surface area contributed by atoms with Crippen LogP contribution in [-0.2, 0) is 7.05 Å². The van der Waals surface area contributed by atoms with E-state index >= 15 is 0 Å². The lowest BCUT2D eigenvalue weighted by molar-refractivity contribution is 0.493. The van der Waals surface area contributed by atoms with Crippen molar-refractivity contribution in [3.8, 4) is 0 Å². The van der Waals surface area contributed by atoms with Gasteiger partial charge in [0.2, 0.25) is 0 Å². The molecule has 0 radical (unpaired) electrons. The summed E-state index contributed by atoms with van der Waals surface area (Å²) in [4.78, 5) is 4.41. The van der Waals surface area contributed by atoms with E-state index in [9.17, 15) is 0 Å². The molecule has 0 amide bonds. The van der Waals surface area contributed by atoms with Gasteiger partial charge in [-0.3, -0.25) is 0 Å². The standard InChI is InChI=1S/C13H19N3O/c1-8-9(2)17-10(3)11(8)12(14-4)13-15-6-7-16(13)5/h6-7,12,14H,1-5H3. The van der Waals surface area contributed by atoms with E-state index in [-0.39, 0.29) is 6.04 Å². The van der Waals surface area contributed by atoms with Crippen LogP contribution in [0.3, 0.4) is 0 Å². The molecule has 1 atom stereocenters. The third-order valence-corrected chi connectivity index (χ3v) is 3.31. The van der Waals surface area contributed by atoms with Crippen molar-refractivity contribution < 1.29 is 4.42 Å². The Morgan fingerprint density at radius 2 is 2.00 bits per heavy atom. The zero-order chi connectivity index (χ0) is 12.6. The Balaban J connectivity index is 2.53. The largest absolute Gasteiger partial charge is 0.466 e. The Bertz CT molecular complexity index is 525. The van der Waals surface area contributed by atoms with Gasteiger partial charge in [0.25, 0.3) is 0 Å².